The molecule has 1 heterocycles. The van der Waals surface area contributed by atoms with Gasteiger partial charge in [0.25, 0.3) is 0 Å². The smallest absolute Gasteiger partial charge is 0.221 e. The molecule has 1 aromatic rings. The first kappa shape index (κ1) is 12.2. The number of carbonyl (C=O) groups is 1. The van der Waals surface area contributed by atoms with Crippen LogP contribution in [0.4, 0.5) is 0 Å². The molecule has 4 heteroatoms. The summed E-state index contributed by atoms with van der Waals surface area (Å²) < 4.78 is 0. The Balaban J connectivity index is 2.71. The highest BCUT2D eigenvalue weighted by atomic mass is 79.9. The highest BCUT2D eigenvalue weighted by Gasteiger charge is 2.23. The van der Waals surface area contributed by atoms with Crippen molar-refractivity contribution in [2.45, 2.75) is 25.8 Å². The molecule has 3 nitrogen and oxygen atoms in total. The normalized spacial score (nSPS) is 11.1. The fraction of sp³-hybridized carbons (Fsp3) is 0.455. The number of hydrogen-bond acceptors (Lipinski definition) is 2. The van der Waals surface area contributed by atoms with E-state index in [-0.39, 0.29) is 5.91 Å². The summed E-state index contributed by atoms with van der Waals surface area (Å²) in [6, 6.07) is 5.69. The Bertz CT molecular complexity index is 325. The lowest BCUT2D eigenvalue weighted by Crippen LogP contribution is -2.41. The molecule has 15 heavy (non-hydrogen) atoms. The van der Waals surface area contributed by atoms with Gasteiger partial charge in [-0.2, -0.15) is 0 Å². The first-order valence-electron chi connectivity index (χ1n) is 4.85. The standard InChI is InChI=1S/C11H15BrN2O/c1-11(2,14-10(15)6-7-12)9-5-3-4-8-13-9/h3-5,8H,6-7H2,1-2H3,(H,14,15). The van der Waals surface area contributed by atoms with Gasteiger partial charge in [-0.3, -0.25) is 9.78 Å². The van der Waals surface area contributed by atoms with E-state index in [4.69, 9.17) is 0 Å². The van der Waals surface area contributed by atoms with Crippen molar-refractivity contribution in [3.8, 4) is 0 Å². The molecule has 0 unspecified atom stereocenters. The van der Waals surface area contributed by atoms with Crippen molar-refractivity contribution in [1.82, 2.24) is 10.3 Å². The highest BCUT2D eigenvalue weighted by molar-refractivity contribution is 9.09. The van der Waals surface area contributed by atoms with Crippen molar-refractivity contribution in [2.24, 2.45) is 0 Å². The van der Waals surface area contributed by atoms with Crippen molar-refractivity contribution in [2.75, 3.05) is 5.33 Å². The fourth-order valence-corrected chi connectivity index (χ4v) is 1.65. The third kappa shape index (κ3) is 3.63. The fourth-order valence-electron chi connectivity index (χ4n) is 1.29. The van der Waals surface area contributed by atoms with E-state index in [1.807, 2.05) is 32.0 Å². The Kier molecular flexibility index (Phi) is 4.27. The summed E-state index contributed by atoms with van der Waals surface area (Å²) >= 11 is 3.24. The van der Waals surface area contributed by atoms with Crippen molar-refractivity contribution >= 4 is 21.8 Å². The van der Waals surface area contributed by atoms with Crippen LogP contribution in [-0.4, -0.2) is 16.2 Å². The number of pyridine rings is 1. The number of amides is 1. The van der Waals surface area contributed by atoms with Crippen LogP contribution in [0.25, 0.3) is 0 Å². The Morgan fingerprint density at radius 3 is 2.80 bits per heavy atom. The van der Waals surface area contributed by atoms with Crippen LogP contribution in [0.2, 0.25) is 0 Å². The molecular weight excluding hydrogens is 256 g/mol. The quantitative estimate of drug-likeness (QED) is 0.853. The molecule has 0 aromatic carbocycles. The molecule has 1 amide bonds. The average Bonchev–Trinajstić information content (AvgIpc) is 2.18. The molecule has 1 aromatic heterocycles. The van der Waals surface area contributed by atoms with Gasteiger partial charge < -0.3 is 5.32 Å². The number of alkyl halides is 1. The first-order valence-corrected chi connectivity index (χ1v) is 5.97. The molecule has 0 bridgehead atoms. The summed E-state index contributed by atoms with van der Waals surface area (Å²) in [6.07, 6.45) is 2.21. The van der Waals surface area contributed by atoms with Gasteiger partial charge in [-0.25, -0.2) is 0 Å². The molecule has 0 saturated heterocycles. The zero-order valence-electron chi connectivity index (χ0n) is 8.96. The number of hydrogen-bond donors (Lipinski definition) is 1. The second-order valence-electron chi connectivity index (χ2n) is 3.83. The predicted molar refractivity (Wildman–Crippen MR) is 63.8 cm³/mol. The van der Waals surface area contributed by atoms with E-state index in [9.17, 15) is 4.79 Å². The minimum absolute atomic E-state index is 0.0301. The third-order valence-electron chi connectivity index (χ3n) is 2.08. The number of nitrogens with one attached hydrogen (secondary N) is 1. The lowest BCUT2D eigenvalue weighted by molar-refractivity contribution is -0.122. The number of carbonyl (C=O) groups excluding carboxylic acids is 1. The second-order valence-corrected chi connectivity index (χ2v) is 4.62. The van der Waals surface area contributed by atoms with Crippen LogP contribution < -0.4 is 5.32 Å². The molecule has 1 N–H and O–H groups in total. The zero-order valence-corrected chi connectivity index (χ0v) is 10.5. The lowest BCUT2D eigenvalue weighted by Gasteiger charge is -2.25. The monoisotopic (exact) mass is 270 g/mol. The molecule has 0 aliphatic carbocycles. The molecule has 82 valence electrons. The topological polar surface area (TPSA) is 42.0 Å². The highest BCUT2D eigenvalue weighted by Crippen LogP contribution is 2.16. The SMILES string of the molecule is CC(C)(NC(=O)CCBr)c1ccccn1. The molecular formula is C11H15BrN2O. The van der Waals surface area contributed by atoms with E-state index in [1.165, 1.54) is 0 Å². The van der Waals surface area contributed by atoms with Crippen molar-refractivity contribution in [3.05, 3.63) is 30.1 Å². The number of nitrogens with zero attached hydrogens (tertiary/aromatic N) is 1. The van der Waals surface area contributed by atoms with Crippen LogP contribution in [0.15, 0.2) is 24.4 Å². The van der Waals surface area contributed by atoms with Crippen molar-refractivity contribution in [3.63, 3.8) is 0 Å². The minimum Gasteiger partial charge on any atom is -0.346 e. The number of halogens is 1. The van der Waals surface area contributed by atoms with E-state index in [0.29, 0.717) is 11.8 Å². The first-order chi connectivity index (χ1) is 7.06. The van der Waals surface area contributed by atoms with Crippen LogP contribution in [0.3, 0.4) is 0 Å². The largest absolute Gasteiger partial charge is 0.346 e. The van der Waals surface area contributed by atoms with Gasteiger partial charge in [0.1, 0.15) is 0 Å². The van der Waals surface area contributed by atoms with Gasteiger partial charge in [-0.15, -0.1) is 0 Å². The molecule has 0 atom stereocenters. The minimum atomic E-state index is -0.416. The number of aromatic nitrogens is 1. The maximum Gasteiger partial charge on any atom is 0.221 e. The Labute approximate surface area is 98.4 Å². The molecule has 0 aliphatic rings. The van der Waals surface area contributed by atoms with Crippen LogP contribution >= 0.6 is 15.9 Å². The summed E-state index contributed by atoms with van der Waals surface area (Å²) in [5.74, 6) is 0.0301. The Hall–Kier alpha value is -0.900. The molecule has 0 aliphatic heterocycles. The van der Waals surface area contributed by atoms with Gasteiger partial charge in [0.05, 0.1) is 11.2 Å². The van der Waals surface area contributed by atoms with Crippen molar-refractivity contribution < 1.29 is 4.79 Å². The van der Waals surface area contributed by atoms with Gasteiger partial charge in [0.15, 0.2) is 0 Å². The molecule has 0 fully saturated rings. The summed E-state index contributed by atoms with van der Waals surface area (Å²) in [5.41, 5.74) is 0.452. The van der Waals surface area contributed by atoms with Crippen molar-refractivity contribution in [1.29, 1.82) is 0 Å². The number of rotatable bonds is 4. The maximum absolute atomic E-state index is 11.5. The second kappa shape index (κ2) is 5.26. The van der Waals surface area contributed by atoms with Crippen LogP contribution in [0.1, 0.15) is 26.0 Å². The van der Waals surface area contributed by atoms with Gasteiger partial charge in [-0.1, -0.05) is 22.0 Å². The molecule has 0 radical (unpaired) electrons. The van der Waals surface area contributed by atoms with Crippen LogP contribution in [0, 0.1) is 0 Å². The maximum atomic E-state index is 11.5. The Morgan fingerprint density at radius 2 is 2.27 bits per heavy atom. The molecule has 0 saturated carbocycles. The summed E-state index contributed by atoms with van der Waals surface area (Å²) in [5, 5.41) is 3.62. The van der Waals surface area contributed by atoms with E-state index in [0.717, 1.165) is 5.69 Å². The van der Waals surface area contributed by atoms with Gasteiger partial charge in [0, 0.05) is 17.9 Å². The summed E-state index contributed by atoms with van der Waals surface area (Å²) in [7, 11) is 0. The lowest BCUT2D eigenvalue weighted by atomic mass is 10.00. The van der Waals surface area contributed by atoms with E-state index in [2.05, 4.69) is 26.2 Å². The summed E-state index contributed by atoms with van der Waals surface area (Å²) in [4.78, 5) is 15.7. The van der Waals surface area contributed by atoms with Gasteiger partial charge in [0.2, 0.25) is 5.91 Å². The third-order valence-corrected chi connectivity index (χ3v) is 2.48. The van der Waals surface area contributed by atoms with Crippen LogP contribution in [0.5, 0.6) is 0 Å². The zero-order chi connectivity index (χ0) is 11.3. The average molecular weight is 271 g/mol. The summed E-state index contributed by atoms with van der Waals surface area (Å²) in [6.45, 7) is 3.89. The molecule has 1 rings (SSSR count). The van der Waals surface area contributed by atoms with E-state index < -0.39 is 5.54 Å². The predicted octanol–water partition coefficient (Wildman–Crippen LogP) is 2.22. The van der Waals surface area contributed by atoms with E-state index in [1.54, 1.807) is 6.20 Å². The van der Waals surface area contributed by atoms with Gasteiger partial charge in [-0.05, 0) is 26.0 Å². The Morgan fingerprint density at radius 1 is 1.53 bits per heavy atom. The van der Waals surface area contributed by atoms with Gasteiger partial charge >= 0.3 is 0 Å². The molecule has 0 spiro atoms. The van der Waals surface area contributed by atoms with Crippen LogP contribution in [-0.2, 0) is 10.3 Å². The van der Waals surface area contributed by atoms with E-state index >= 15 is 0 Å².